The van der Waals surface area contributed by atoms with Crippen LogP contribution in [0.2, 0.25) is 0 Å². The largest absolute Gasteiger partial charge is 0.501 e. The van der Waals surface area contributed by atoms with Crippen LogP contribution >= 0.6 is 0 Å². The van der Waals surface area contributed by atoms with Gasteiger partial charge in [-0.05, 0) is 6.92 Å². The van der Waals surface area contributed by atoms with Crippen molar-refractivity contribution in [3.8, 4) is 6.07 Å². The topological polar surface area (TPSA) is 70.3 Å². The van der Waals surface area contributed by atoms with Gasteiger partial charge in [0.25, 0.3) is 0 Å². The van der Waals surface area contributed by atoms with E-state index in [4.69, 9.17) is 10.4 Å². The van der Waals surface area contributed by atoms with Gasteiger partial charge in [0.2, 0.25) is 5.76 Å². The predicted molar refractivity (Wildman–Crippen MR) is 38.7 cm³/mol. The van der Waals surface area contributed by atoms with Gasteiger partial charge in [-0.2, -0.15) is 5.26 Å². The molecule has 0 aromatic carbocycles. The summed E-state index contributed by atoms with van der Waals surface area (Å²) < 4.78 is 4.35. The van der Waals surface area contributed by atoms with E-state index in [1.165, 1.54) is 6.07 Å². The molecule has 0 rings (SSSR count). The monoisotopic (exact) mass is 164 g/mol. The number of rotatable bonds is 2. The molecule has 55 valence electrons. The second-order valence-electron chi connectivity index (χ2n) is 1.38. The molecule has 0 aliphatic rings. The maximum absolute atomic E-state index is 10.4. The van der Waals surface area contributed by atoms with Crippen molar-refractivity contribution in [1.82, 2.24) is 0 Å². The molecule has 0 fully saturated rings. The molecule has 0 amide bonds. The van der Waals surface area contributed by atoms with Crippen LogP contribution in [0.1, 0.15) is 6.92 Å². The third-order valence-electron chi connectivity index (χ3n) is 0.686. The van der Waals surface area contributed by atoms with Crippen LogP contribution in [0.5, 0.6) is 0 Å². The van der Waals surface area contributed by atoms with Gasteiger partial charge in [0.05, 0.1) is 18.8 Å². The third kappa shape index (κ3) is 5.92. The average Bonchev–Trinajstić information content (AvgIpc) is 1.89. The molecule has 0 saturated carbocycles. The maximum atomic E-state index is 10.4. The first-order chi connectivity index (χ1) is 4.72. The van der Waals surface area contributed by atoms with Crippen LogP contribution in [0.4, 0.5) is 0 Å². The first-order valence-corrected chi connectivity index (χ1v) is 2.68. The number of nitrogens with zero attached hydrogens (tertiary/aromatic N) is 1. The van der Waals surface area contributed by atoms with Gasteiger partial charge >= 0.3 is 5.97 Å². The molecule has 0 aliphatic heterocycles. The van der Waals surface area contributed by atoms with E-state index in [1.807, 2.05) is 0 Å². The summed E-state index contributed by atoms with van der Waals surface area (Å²) in [6.07, 6.45) is 0.720. The summed E-state index contributed by atoms with van der Waals surface area (Å²) in [7, 11) is 0. The Morgan fingerprint density at radius 3 is 2.73 bits per heavy atom. The molecular weight excluding hydrogens is 157 g/mol. The second-order valence-corrected chi connectivity index (χ2v) is 1.38. The number of carbonyl (C=O) groups is 1. The maximum Gasteiger partial charge on any atom is 0.374 e. The van der Waals surface area contributed by atoms with Gasteiger partial charge in [0.15, 0.2) is 0 Å². The van der Waals surface area contributed by atoms with Crippen LogP contribution in [0.25, 0.3) is 0 Å². The number of esters is 1. The van der Waals surface area contributed by atoms with Crippen LogP contribution in [-0.4, -0.2) is 47.2 Å². The molecule has 11 heavy (non-hydrogen) atoms. The summed E-state index contributed by atoms with van der Waals surface area (Å²) in [4.78, 5) is 10.4. The quantitative estimate of drug-likeness (QED) is 0.207. The number of ether oxygens (including phenoxy) is 1. The van der Waals surface area contributed by atoms with Crippen molar-refractivity contribution >= 4 is 35.5 Å². The van der Waals surface area contributed by atoms with Crippen molar-refractivity contribution in [2.75, 3.05) is 6.61 Å². The zero-order valence-electron chi connectivity index (χ0n) is 6.50. The predicted octanol–water partition coefficient (Wildman–Crippen LogP) is 0.134. The van der Waals surface area contributed by atoms with E-state index in [-0.39, 0.29) is 36.2 Å². The van der Waals surface area contributed by atoms with Crippen molar-refractivity contribution in [3.05, 3.63) is 11.8 Å². The molecule has 1 N–H and O–H groups in total. The van der Waals surface area contributed by atoms with Crippen LogP contribution in [0.15, 0.2) is 11.8 Å². The first kappa shape index (κ1) is 13.1. The minimum atomic E-state index is -0.871. The standard InChI is InChI=1S/C6H7NO3.Na/c1-2-10-6(9)5(8)3-4-7;/h3,8H,2H2,1H3;. The molecule has 0 atom stereocenters. The Morgan fingerprint density at radius 2 is 2.36 bits per heavy atom. The second kappa shape index (κ2) is 7.61. The SMILES string of the molecule is CCOC(=O)C(O)=CC#N.[Na]. The van der Waals surface area contributed by atoms with Gasteiger partial charge in [-0.1, -0.05) is 0 Å². The van der Waals surface area contributed by atoms with Crippen LogP contribution in [-0.2, 0) is 9.53 Å². The van der Waals surface area contributed by atoms with E-state index in [0.717, 1.165) is 6.08 Å². The van der Waals surface area contributed by atoms with Gasteiger partial charge in [-0.25, -0.2) is 4.79 Å². The summed E-state index contributed by atoms with van der Waals surface area (Å²) in [5.41, 5.74) is 0. The Morgan fingerprint density at radius 1 is 1.82 bits per heavy atom. The zero-order valence-corrected chi connectivity index (χ0v) is 8.50. The number of aliphatic hydroxyl groups excluding tert-OH is 1. The number of hydrogen-bond acceptors (Lipinski definition) is 4. The minimum absolute atomic E-state index is 0. The van der Waals surface area contributed by atoms with E-state index >= 15 is 0 Å². The van der Waals surface area contributed by atoms with Gasteiger partial charge in [-0.3, -0.25) is 0 Å². The molecule has 0 saturated heterocycles. The molecule has 0 spiro atoms. The van der Waals surface area contributed by atoms with Gasteiger partial charge in [0, 0.05) is 29.6 Å². The van der Waals surface area contributed by atoms with E-state index in [1.54, 1.807) is 6.92 Å². The summed E-state index contributed by atoms with van der Waals surface area (Å²) in [5, 5.41) is 16.6. The molecule has 0 aliphatic carbocycles. The smallest absolute Gasteiger partial charge is 0.374 e. The fourth-order valence-electron chi connectivity index (χ4n) is 0.325. The third-order valence-corrected chi connectivity index (χ3v) is 0.686. The fraction of sp³-hybridized carbons (Fsp3) is 0.333. The molecule has 0 heterocycles. The summed E-state index contributed by atoms with van der Waals surface area (Å²) >= 11 is 0. The molecular formula is C6H7NNaO3. The fourth-order valence-corrected chi connectivity index (χ4v) is 0.325. The van der Waals surface area contributed by atoms with E-state index in [0.29, 0.717) is 0 Å². The zero-order chi connectivity index (χ0) is 7.98. The number of nitriles is 1. The van der Waals surface area contributed by atoms with Crippen molar-refractivity contribution in [3.63, 3.8) is 0 Å². The number of aliphatic hydroxyl groups is 1. The van der Waals surface area contributed by atoms with E-state index < -0.39 is 11.7 Å². The Bertz CT molecular complexity index is 194. The molecule has 0 unspecified atom stereocenters. The van der Waals surface area contributed by atoms with E-state index in [2.05, 4.69) is 4.74 Å². The number of allylic oxidation sites excluding steroid dienone is 1. The number of hydrogen-bond donors (Lipinski definition) is 1. The van der Waals surface area contributed by atoms with E-state index in [9.17, 15) is 4.79 Å². The Hall–Kier alpha value is -0.500. The van der Waals surface area contributed by atoms with Crippen LogP contribution in [0.3, 0.4) is 0 Å². The summed E-state index contributed by atoms with van der Waals surface area (Å²) in [6.45, 7) is 1.79. The van der Waals surface area contributed by atoms with Gasteiger partial charge in [0.1, 0.15) is 0 Å². The van der Waals surface area contributed by atoms with Crippen LogP contribution in [0, 0.1) is 11.3 Å². The molecule has 0 aromatic rings. The Balaban J connectivity index is 0. The molecule has 0 bridgehead atoms. The van der Waals surface area contributed by atoms with Crippen molar-refractivity contribution in [2.45, 2.75) is 6.92 Å². The molecule has 1 radical (unpaired) electrons. The van der Waals surface area contributed by atoms with Crippen molar-refractivity contribution in [2.24, 2.45) is 0 Å². The Kier molecular flexibility index (Phi) is 9.07. The van der Waals surface area contributed by atoms with Crippen molar-refractivity contribution < 1.29 is 14.6 Å². The minimum Gasteiger partial charge on any atom is -0.501 e. The van der Waals surface area contributed by atoms with Crippen molar-refractivity contribution in [1.29, 1.82) is 5.26 Å². The summed E-state index contributed by atoms with van der Waals surface area (Å²) in [6, 6.07) is 1.49. The first-order valence-electron chi connectivity index (χ1n) is 2.68. The van der Waals surface area contributed by atoms with Crippen LogP contribution < -0.4 is 0 Å². The number of carbonyl (C=O) groups excluding carboxylic acids is 1. The average molecular weight is 164 g/mol. The summed E-state index contributed by atoms with van der Waals surface area (Å²) in [5.74, 6) is -1.53. The van der Waals surface area contributed by atoms with Gasteiger partial charge in [-0.15, -0.1) is 0 Å². The van der Waals surface area contributed by atoms with Gasteiger partial charge < -0.3 is 9.84 Å². The molecule has 0 aromatic heterocycles. The molecule has 5 heteroatoms. The molecule has 4 nitrogen and oxygen atoms in total. The Labute approximate surface area is 86.7 Å². The normalized spacial score (nSPS) is 9.27.